The highest BCUT2D eigenvalue weighted by atomic mass is 16.2. The van der Waals surface area contributed by atoms with Crippen LogP contribution in [0.2, 0.25) is 0 Å². The molecule has 2 N–H and O–H groups in total. The molecule has 0 aliphatic carbocycles. The summed E-state index contributed by atoms with van der Waals surface area (Å²) in [6, 6.07) is 10.6. The van der Waals surface area contributed by atoms with Crippen LogP contribution in [-0.2, 0) is 0 Å². The van der Waals surface area contributed by atoms with Crippen molar-refractivity contribution in [3.8, 4) is 0 Å². The van der Waals surface area contributed by atoms with Gasteiger partial charge in [0.2, 0.25) is 0 Å². The highest BCUT2D eigenvalue weighted by Gasteiger charge is 2.32. The molecule has 1 saturated heterocycles. The van der Waals surface area contributed by atoms with E-state index in [9.17, 15) is 4.79 Å². The maximum atomic E-state index is 12.5. The third-order valence-electron chi connectivity index (χ3n) is 4.50. The number of carbonyl (C=O) groups is 1. The number of aromatic amines is 1. The van der Waals surface area contributed by atoms with E-state index in [4.69, 9.17) is 0 Å². The Bertz CT molecular complexity index is 601. The first-order valence-electron chi connectivity index (χ1n) is 7.78. The van der Waals surface area contributed by atoms with Gasteiger partial charge in [-0.1, -0.05) is 31.5 Å². The molecule has 1 amide bonds. The molecular formula is C17H23N3O. The second kappa shape index (κ2) is 5.90. The summed E-state index contributed by atoms with van der Waals surface area (Å²) >= 11 is 0. The maximum absolute atomic E-state index is 12.5. The number of H-pyrrole nitrogens is 1. The Balaban J connectivity index is 1.73. The van der Waals surface area contributed by atoms with Gasteiger partial charge >= 0.3 is 0 Å². The van der Waals surface area contributed by atoms with Crippen LogP contribution in [0.5, 0.6) is 0 Å². The SMILES string of the molecule is CCCC1C(NC(=O)c2cc3ccccc3[nH]2)CCN1C. The Labute approximate surface area is 125 Å². The number of nitrogens with zero attached hydrogens (tertiary/aromatic N) is 1. The number of carbonyl (C=O) groups excluding carboxylic acids is 1. The summed E-state index contributed by atoms with van der Waals surface area (Å²) in [7, 11) is 2.15. The van der Waals surface area contributed by atoms with E-state index < -0.39 is 0 Å². The van der Waals surface area contributed by atoms with Crippen LogP contribution < -0.4 is 5.32 Å². The Morgan fingerprint density at radius 3 is 3.00 bits per heavy atom. The predicted molar refractivity (Wildman–Crippen MR) is 85.5 cm³/mol. The average molecular weight is 285 g/mol. The molecule has 21 heavy (non-hydrogen) atoms. The van der Waals surface area contributed by atoms with Crippen molar-refractivity contribution in [3.05, 3.63) is 36.0 Å². The molecule has 0 bridgehead atoms. The lowest BCUT2D eigenvalue weighted by Crippen LogP contribution is -2.44. The molecule has 2 atom stereocenters. The van der Waals surface area contributed by atoms with Crippen molar-refractivity contribution in [2.75, 3.05) is 13.6 Å². The van der Waals surface area contributed by atoms with Gasteiger partial charge in [0.1, 0.15) is 5.69 Å². The number of hydrogen-bond donors (Lipinski definition) is 2. The van der Waals surface area contributed by atoms with Crippen molar-refractivity contribution in [1.82, 2.24) is 15.2 Å². The van der Waals surface area contributed by atoms with Gasteiger partial charge in [0, 0.05) is 29.5 Å². The number of likely N-dealkylation sites (tertiary alicyclic amines) is 1. The first-order chi connectivity index (χ1) is 10.2. The summed E-state index contributed by atoms with van der Waals surface area (Å²) in [6.07, 6.45) is 3.31. The minimum atomic E-state index is 0.00704. The Morgan fingerprint density at radius 2 is 2.24 bits per heavy atom. The van der Waals surface area contributed by atoms with Gasteiger partial charge in [-0.25, -0.2) is 0 Å². The van der Waals surface area contributed by atoms with Gasteiger partial charge in [-0.3, -0.25) is 4.79 Å². The third-order valence-corrected chi connectivity index (χ3v) is 4.50. The van der Waals surface area contributed by atoms with Gasteiger partial charge in [0.15, 0.2) is 0 Å². The van der Waals surface area contributed by atoms with Gasteiger partial charge in [-0.05, 0) is 32.0 Å². The highest BCUT2D eigenvalue weighted by Crippen LogP contribution is 2.21. The lowest BCUT2D eigenvalue weighted by Gasteiger charge is -2.25. The monoisotopic (exact) mass is 285 g/mol. The summed E-state index contributed by atoms with van der Waals surface area (Å²) in [4.78, 5) is 18.0. The molecule has 1 aliphatic rings. The first-order valence-corrected chi connectivity index (χ1v) is 7.78. The van der Waals surface area contributed by atoms with Crippen molar-refractivity contribution < 1.29 is 4.79 Å². The van der Waals surface area contributed by atoms with Crippen LogP contribution in [0.15, 0.2) is 30.3 Å². The number of benzene rings is 1. The second-order valence-corrected chi connectivity index (χ2v) is 5.98. The predicted octanol–water partition coefficient (Wildman–Crippen LogP) is 2.77. The fraction of sp³-hybridized carbons (Fsp3) is 0.471. The number of likely N-dealkylation sites (N-methyl/N-ethyl adjacent to an activating group) is 1. The smallest absolute Gasteiger partial charge is 0.268 e. The number of aromatic nitrogens is 1. The minimum absolute atomic E-state index is 0.00704. The maximum Gasteiger partial charge on any atom is 0.268 e. The Morgan fingerprint density at radius 1 is 1.43 bits per heavy atom. The molecule has 112 valence electrons. The van der Waals surface area contributed by atoms with E-state index in [1.165, 1.54) is 0 Å². The summed E-state index contributed by atoms with van der Waals surface area (Å²) in [5.74, 6) is 0.00704. The molecule has 2 aromatic rings. The van der Waals surface area contributed by atoms with Crippen LogP contribution in [0.4, 0.5) is 0 Å². The zero-order chi connectivity index (χ0) is 14.8. The molecule has 2 heterocycles. The molecule has 2 unspecified atom stereocenters. The van der Waals surface area contributed by atoms with Crippen LogP contribution in [0.1, 0.15) is 36.7 Å². The quantitative estimate of drug-likeness (QED) is 0.907. The van der Waals surface area contributed by atoms with E-state index in [2.05, 4.69) is 29.2 Å². The van der Waals surface area contributed by atoms with Crippen molar-refractivity contribution in [2.24, 2.45) is 0 Å². The summed E-state index contributed by atoms with van der Waals surface area (Å²) in [6.45, 7) is 3.26. The molecule has 0 saturated carbocycles. The zero-order valence-electron chi connectivity index (χ0n) is 12.7. The number of nitrogens with one attached hydrogen (secondary N) is 2. The molecule has 0 spiro atoms. The number of para-hydroxylation sites is 1. The second-order valence-electron chi connectivity index (χ2n) is 5.98. The number of rotatable bonds is 4. The van der Waals surface area contributed by atoms with Gasteiger partial charge in [0.05, 0.1) is 0 Å². The minimum Gasteiger partial charge on any atom is -0.351 e. The topological polar surface area (TPSA) is 48.1 Å². The molecule has 1 aromatic carbocycles. The Hall–Kier alpha value is -1.81. The van der Waals surface area contributed by atoms with Crippen molar-refractivity contribution >= 4 is 16.8 Å². The van der Waals surface area contributed by atoms with Gasteiger partial charge in [-0.2, -0.15) is 0 Å². The van der Waals surface area contributed by atoms with E-state index in [0.717, 1.165) is 36.7 Å². The van der Waals surface area contributed by atoms with Crippen molar-refractivity contribution in [1.29, 1.82) is 0 Å². The normalized spacial score (nSPS) is 22.8. The van der Waals surface area contributed by atoms with Gasteiger partial charge in [-0.15, -0.1) is 0 Å². The van der Waals surface area contributed by atoms with Gasteiger partial charge in [0.25, 0.3) is 5.91 Å². The van der Waals surface area contributed by atoms with Gasteiger partial charge < -0.3 is 15.2 Å². The molecule has 1 aromatic heterocycles. The van der Waals surface area contributed by atoms with Crippen LogP contribution in [-0.4, -0.2) is 41.5 Å². The van der Waals surface area contributed by atoms with E-state index in [1.54, 1.807) is 0 Å². The van der Waals surface area contributed by atoms with Crippen molar-refractivity contribution in [2.45, 2.75) is 38.3 Å². The number of amides is 1. The van der Waals surface area contributed by atoms with Crippen molar-refractivity contribution in [3.63, 3.8) is 0 Å². The highest BCUT2D eigenvalue weighted by molar-refractivity contribution is 5.98. The van der Waals surface area contributed by atoms with E-state index >= 15 is 0 Å². The summed E-state index contributed by atoms with van der Waals surface area (Å²) < 4.78 is 0. The van der Waals surface area contributed by atoms with E-state index in [-0.39, 0.29) is 11.9 Å². The fourth-order valence-electron chi connectivity index (χ4n) is 3.34. The van der Waals surface area contributed by atoms with Crippen LogP contribution in [0.25, 0.3) is 10.9 Å². The molecule has 3 rings (SSSR count). The molecule has 4 heteroatoms. The lowest BCUT2D eigenvalue weighted by molar-refractivity contribution is 0.0922. The average Bonchev–Trinajstić information content (AvgIpc) is 3.05. The molecule has 0 radical (unpaired) electrons. The number of hydrogen-bond acceptors (Lipinski definition) is 2. The zero-order valence-corrected chi connectivity index (χ0v) is 12.7. The molecular weight excluding hydrogens is 262 g/mol. The molecule has 1 fully saturated rings. The van der Waals surface area contributed by atoms with E-state index in [0.29, 0.717) is 11.7 Å². The fourth-order valence-corrected chi connectivity index (χ4v) is 3.34. The Kier molecular flexibility index (Phi) is 3.97. The standard InChI is InChI=1S/C17H23N3O/c1-3-6-16-14(9-10-20(16)2)19-17(21)15-11-12-7-4-5-8-13(12)18-15/h4-5,7-8,11,14,16,18H,3,6,9-10H2,1-2H3,(H,19,21). The largest absolute Gasteiger partial charge is 0.351 e. The molecule has 1 aliphatic heterocycles. The van der Waals surface area contributed by atoms with E-state index in [1.807, 2.05) is 30.3 Å². The van der Waals surface area contributed by atoms with Crippen LogP contribution in [0.3, 0.4) is 0 Å². The third kappa shape index (κ3) is 2.81. The van der Waals surface area contributed by atoms with Crippen LogP contribution >= 0.6 is 0 Å². The molecule has 4 nitrogen and oxygen atoms in total. The summed E-state index contributed by atoms with van der Waals surface area (Å²) in [5.41, 5.74) is 1.66. The summed E-state index contributed by atoms with van der Waals surface area (Å²) in [5, 5.41) is 4.29. The lowest BCUT2D eigenvalue weighted by atomic mass is 10.0. The number of fused-ring (bicyclic) bond motifs is 1. The first kappa shape index (κ1) is 14.1. The van der Waals surface area contributed by atoms with Crippen LogP contribution in [0, 0.1) is 0 Å².